The SMILES string of the molecule is COc1ccc(CN2CCOC(CN(C(=O)c3ccccc3)C3CCCC3)C2)cc1. The molecule has 5 heteroatoms. The second-order valence-electron chi connectivity index (χ2n) is 8.34. The average molecular weight is 409 g/mol. The summed E-state index contributed by atoms with van der Waals surface area (Å²) >= 11 is 0. The van der Waals surface area contributed by atoms with Crippen LogP contribution >= 0.6 is 0 Å². The quantitative estimate of drug-likeness (QED) is 0.695. The number of nitrogens with zero attached hydrogens (tertiary/aromatic N) is 2. The van der Waals surface area contributed by atoms with Crippen molar-refractivity contribution in [2.75, 3.05) is 33.4 Å². The predicted molar refractivity (Wildman–Crippen MR) is 118 cm³/mol. The van der Waals surface area contributed by atoms with Gasteiger partial charge in [-0.05, 0) is 42.7 Å². The van der Waals surface area contributed by atoms with Gasteiger partial charge in [0.05, 0.1) is 19.8 Å². The Bertz CT molecular complexity index is 803. The fourth-order valence-electron chi connectivity index (χ4n) is 4.60. The van der Waals surface area contributed by atoms with Gasteiger partial charge in [-0.15, -0.1) is 0 Å². The molecule has 30 heavy (non-hydrogen) atoms. The standard InChI is InChI=1S/C25H32N2O3/c1-29-23-13-11-20(12-14-23)17-26-15-16-30-24(18-26)19-27(22-9-5-6-10-22)25(28)21-7-3-2-4-8-21/h2-4,7-8,11-14,22,24H,5-6,9-10,15-19H2,1H3. The zero-order valence-electron chi connectivity index (χ0n) is 17.8. The highest BCUT2D eigenvalue weighted by Gasteiger charge is 2.31. The number of methoxy groups -OCH3 is 1. The van der Waals surface area contributed by atoms with Crippen LogP contribution in [0.2, 0.25) is 0 Å². The monoisotopic (exact) mass is 408 g/mol. The summed E-state index contributed by atoms with van der Waals surface area (Å²) in [7, 11) is 1.69. The molecule has 2 aromatic rings. The summed E-state index contributed by atoms with van der Waals surface area (Å²) in [6.07, 6.45) is 4.66. The molecule has 1 saturated carbocycles. The molecule has 1 unspecified atom stereocenters. The molecule has 0 spiro atoms. The number of benzene rings is 2. The zero-order valence-corrected chi connectivity index (χ0v) is 17.8. The van der Waals surface area contributed by atoms with Crippen molar-refractivity contribution in [2.45, 2.75) is 44.4 Å². The van der Waals surface area contributed by atoms with Crippen LogP contribution in [0, 0.1) is 0 Å². The van der Waals surface area contributed by atoms with Gasteiger partial charge >= 0.3 is 0 Å². The lowest BCUT2D eigenvalue weighted by Crippen LogP contribution is -2.50. The molecule has 1 atom stereocenters. The Kier molecular flexibility index (Phi) is 7.03. The van der Waals surface area contributed by atoms with Crippen LogP contribution in [0.4, 0.5) is 0 Å². The molecule has 2 aromatic carbocycles. The Morgan fingerprint density at radius 1 is 1.10 bits per heavy atom. The maximum absolute atomic E-state index is 13.3. The topological polar surface area (TPSA) is 42.0 Å². The minimum Gasteiger partial charge on any atom is -0.497 e. The molecule has 2 fully saturated rings. The van der Waals surface area contributed by atoms with E-state index in [1.54, 1.807) is 7.11 Å². The third-order valence-electron chi connectivity index (χ3n) is 6.24. The molecule has 0 radical (unpaired) electrons. The van der Waals surface area contributed by atoms with E-state index in [0.717, 1.165) is 43.8 Å². The molecule has 0 aromatic heterocycles. The number of hydrogen-bond acceptors (Lipinski definition) is 4. The van der Waals surface area contributed by atoms with Gasteiger partial charge in [0, 0.05) is 37.8 Å². The number of morpholine rings is 1. The van der Waals surface area contributed by atoms with Crippen LogP contribution in [0.15, 0.2) is 54.6 Å². The Hall–Kier alpha value is -2.37. The number of hydrogen-bond donors (Lipinski definition) is 0. The van der Waals surface area contributed by atoms with E-state index < -0.39 is 0 Å². The molecule has 0 bridgehead atoms. The number of rotatable bonds is 7. The Balaban J connectivity index is 1.41. The van der Waals surface area contributed by atoms with Crippen LogP contribution in [-0.4, -0.2) is 61.2 Å². The van der Waals surface area contributed by atoms with Crippen molar-refractivity contribution in [1.29, 1.82) is 0 Å². The zero-order chi connectivity index (χ0) is 20.8. The Labute approximate surface area is 179 Å². The van der Waals surface area contributed by atoms with Gasteiger partial charge in [0.15, 0.2) is 0 Å². The first-order valence-corrected chi connectivity index (χ1v) is 11.1. The fourth-order valence-corrected chi connectivity index (χ4v) is 4.60. The van der Waals surface area contributed by atoms with Gasteiger partial charge in [-0.2, -0.15) is 0 Å². The summed E-state index contributed by atoms with van der Waals surface area (Å²) < 4.78 is 11.4. The first-order valence-electron chi connectivity index (χ1n) is 11.1. The predicted octanol–water partition coefficient (Wildman–Crippen LogP) is 3.98. The van der Waals surface area contributed by atoms with E-state index >= 15 is 0 Å². The molecule has 0 N–H and O–H groups in total. The van der Waals surface area contributed by atoms with Crippen LogP contribution in [0.25, 0.3) is 0 Å². The number of carbonyl (C=O) groups is 1. The largest absolute Gasteiger partial charge is 0.497 e. The van der Waals surface area contributed by atoms with Crippen LogP contribution < -0.4 is 4.74 Å². The molecule has 2 aliphatic rings. The molecule has 1 aliphatic heterocycles. The van der Waals surface area contributed by atoms with Crippen molar-refractivity contribution in [3.05, 3.63) is 65.7 Å². The molecule has 5 nitrogen and oxygen atoms in total. The van der Waals surface area contributed by atoms with Crippen molar-refractivity contribution < 1.29 is 14.3 Å². The van der Waals surface area contributed by atoms with Crippen molar-refractivity contribution in [2.24, 2.45) is 0 Å². The van der Waals surface area contributed by atoms with Gasteiger partial charge in [-0.3, -0.25) is 9.69 Å². The highest BCUT2D eigenvalue weighted by molar-refractivity contribution is 5.94. The van der Waals surface area contributed by atoms with Crippen molar-refractivity contribution >= 4 is 5.91 Å². The molecule has 1 amide bonds. The van der Waals surface area contributed by atoms with Gasteiger partial charge in [-0.25, -0.2) is 0 Å². The Morgan fingerprint density at radius 3 is 2.53 bits per heavy atom. The van der Waals surface area contributed by atoms with E-state index in [-0.39, 0.29) is 12.0 Å². The van der Waals surface area contributed by atoms with E-state index in [1.807, 2.05) is 42.5 Å². The smallest absolute Gasteiger partial charge is 0.254 e. The van der Waals surface area contributed by atoms with Gasteiger partial charge < -0.3 is 14.4 Å². The van der Waals surface area contributed by atoms with E-state index in [2.05, 4.69) is 21.9 Å². The summed E-state index contributed by atoms with van der Waals surface area (Å²) in [5, 5.41) is 0. The van der Waals surface area contributed by atoms with Crippen molar-refractivity contribution in [3.8, 4) is 5.75 Å². The summed E-state index contributed by atoms with van der Waals surface area (Å²) in [4.78, 5) is 17.8. The average Bonchev–Trinajstić information content (AvgIpc) is 3.33. The lowest BCUT2D eigenvalue weighted by atomic mass is 10.1. The maximum atomic E-state index is 13.3. The highest BCUT2D eigenvalue weighted by Crippen LogP contribution is 2.26. The maximum Gasteiger partial charge on any atom is 0.254 e. The van der Waals surface area contributed by atoms with Gasteiger partial charge in [-0.1, -0.05) is 43.2 Å². The lowest BCUT2D eigenvalue weighted by molar-refractivity contribution is -0.0468. The van der Waals surface area contributed by atoms with Crippen molar-refractivity contribution in [3.63, 3.8) is 0 Å². The van der Waals surface area contributed by atoms with Crippen LogP contribution in [0.3, 0.4) is 0 Å². The molecule has 4 rings (SSSR count). The van der Waals surface area contributed by atoms with E-state index in [9.17, 15) is 4.79 Å². The third kappa shape index (κ3) is 5.21. The molecule has 1 aliphatic carbocycles. The van der Waals surface area contributed by atoms with Crippen LogP contribution in [-0.2, 0) is 11.3 Å². The normalized spacial score (nSPS) is 20.2. The minimum absolute atomic E-state index is 0.0465. The molecular formula is C25H32N2O3. The van der Waals surface area contributed by atoms with Crippen LogP contribution in [0.5, 0.6) is 5.75 Å². The Morgan fingerprint density at radius 2 is 1.83 bits per heavy atom. The van der Waals surface area contributed by atoms with Crippen LogP contribution in [0.1, 0.15) is 41.6 Å². The van der Waals surface area contributed by atoms with Gasteiger partial charge in [0.1, 0.15) is 5.75 Å². The second-order valence-corrected chi connectivity index (χ2v) is 8.34. The summed E-state index contributed by atoms with van der Waals surface area (Å²) in [5.74, 6) is 1.02. The summed E-state index contributed by atoms with van der Waals surface area (Å²) in [6.45, 7) is 4.02. The van der Waals surface area contributed by atoms with E-state index in [1.165, 1.54) is 18.4 Å². The van der Waals surface area contributed by atoms with Crippen molar-refractivity contribution in [1.82, 2.24) is 9.80 Å². The second kappa shape index (κ2) is 10.1. The highest BCUT2D eigenvalue weighted by atomic mass is 16.5. The third-order valence-corrected chi connectivity index (χ3v) is 6.24. The lowest BCUT2D eigenvalue weighted by Gasteiger charge is -2.38. The number of carbonyl (C=O) groups excluding carboxylic acids is 1. The number of amides is 1. The molecule has 160 valence electrons. The first kappa shape index (κ1) is 20.9. The van der Waals surface area contributed by atoms with Gasteiger partial charge in [0.2, 0.25) is 0 Å². The minimum atomic E-state index is 0.0465. The summed E-state index contributed by atoms with van der Waals surface area (Å²) in [5.41, 5.74) is 2.04. The molecular weight excluding hydrogens is 376 g/mol. The number of ether oxygens (including phenoxy) is 2. The fraction of sp³-hybridized carbons (Fsp3) is 0.480. The molecule has 1 heterocycles. The summed E-state index contributed by atoms with van der Waals surface area (Å²) in [6, 6.07) is 18.3. The first-order chi connectivity index (χ1) is 14.7. The van der Waals surface area contributed by atoms with Gasteiger partial charge in [0.25, 0.3) is 5.91 Å². The van der Waals surface area contributed by atoms with E-state index in [4.69, 9.17) is 9.47 Å². The molecule has 1 saturated heterocycles. The van der Waals surface area contributed by atoms with E-state index in [0.29, 0.717) is 19.2 Å².